The van der Waals surface area contributed by atoms with Crippen LogP contribution >= 0.6 is 0 Å². The van der Waals surface area contributed by atoms with Gasteiger partial charge in [0.25, 0.3) is 0 Å². The van der Waals surface area contributed by atoms with Gasteiger partial charge in [0.2, 0.25) is 0 Å². The number of nitrogens with one attached hydrogen (secondary N) is 1. The first-order valence-corrected chi connectivity index (χ1v) is 6.64. The van der Waals surface area contributed by atoms with Crippen molar-refractivity contribution in [2.75, 3.05) is 7.05 Å². The molecule has 0 saturated carbocycles. The van der Waals surface area contributed by atoms with E-state index >= 15 is 0 Å². The number of nitrogens with zero attached hydrogens (tertiary/aromatic N) is 1. The number of likely N-dealkylation sites (tertiary alicyclic amines) is 1. The summed E-state index contributed by atoms with van der Waals surface area (Å²) < 4.78 is 0.887. The van der Waals surface area contributed by atoms with Gasteiger partial charge in [-0.15, -0.1) is 0 Å². The summed E-state index contributed by atoms with van der Waals surface area (Å²) >= 11 is 1.14. The fourth-order valence-corrected chi connectivity index (χ4v) is 3.15. The zero-order chi connectivity index (χ0) is 12.6. The first kappa shape index (κ1) is 12.2. The van der Waals surface area contributed by atoms with Crippen LogP contribution in [0.4, 0.5) is 5.69 Å². The molecule has 2 rings (SSSR count). The Morgan fingerprint density at radius 2 is 2.06 bits per heavy atom. The molecule has 1 heterocycles. The standard InChI is InChI=1S/C12H11N2O2.W/c1-14-11(15)7-9(12(14)16)6-8-4-2-3-5-10(8)13;/h2-5,9,13H,7H2,1H3;/q-1;. The summed E-state index contributed by atoms with van der Waals surface area (Å²) in [7, 11) is 1.51. The third kappa shape index (κ3) is 2.09. The quantitative estimate of drug-likeness (QED) is 0.707. The summed E-state index contributed by atoms with van der Waals surface area (Å²) in [6.45, 7) is 0. The average molecular weight is 399 g/mol. The van der Waals surface area contributed by atoms with Gasteiger partial charge in [-0.25, -0.2) is 0 Å². The van der Waals surface area contributed by atoms with Gasteiger partial charge in [0, 0.05) is 0 Å². The Kier molecular flexibility index (Phi) is 3.25. The Morgan fingerprint density at radius 3 is 2.59 bits per heavy atom. The molecule has 1 aliphatic rings. The minimum atomic E-state index is -0.367. The number of hydrogen-bond acceptors (Lipinski definition) is 2. The molecule has 0 spiro atoms. The van der Waals surface area contributed by atoms with Gasteiger partial charge in [-0.2, -0.15) is 0 Å². The van der Waals surface area contributed by atoms with Crippen molar-refractivity contribution in [3.63, 3.8) is 0 Å². The van der Waals surface area contributed by atoms with E-state index in [1.54, 1.807) is 12.1 Å². The van der Waals surface area contributed by atoms with E-state index in [-0.39, 0.29) is 24.2 Å². The molecule has 1 aliphatic heterocycles. The molecule has 5 heteroatoms. The van der Waals surface area contributed by atoms with E-state index in [9.17, 15) is 9.59 Å². The van der Waals surface area contributed by atoms with Crippen LogP contribution in [-0.4, -0.2) is 27.7 Å². The van der Waals surface area contributed by atoms with Crippen molar-refractivity contribution in [2.24, 2.45) is 5.92 Å². The van der Waals surface area contributed by atoms with E-state index < -0.39 is 0 Å². The number of carbonyl (C=O) groups is 2. The van der Waals surface area contributed by atoms with Crippen LogP contribution < -0.4 is 0 Å². The van der Waals surface area contributed by atoms with Gasteiger partial charge in [-0.1, -0.05) is 0 Å². The molecule has 0 radical (unpaired) electrons. The molecule has 88 valence electrons. The number of amides is 2. The number of benzene rings is 1. The molecule has 1 fully saturated rings. The van der Waals surface area contributed by atoms with Gasteiger partial charge in [-0.3, -0.25) is 0 Å². The summed E-state index contributed by atoms with van der Waals surface area (Å²) in [5.74, 6) is -0.654. The first-order chi connectivity index (χ1) is 8.02. The Labute approximate surface area is 110 Å². The van der Waals surface area contributed by atoms with Crippen LogP contribution in [-0.2, 0) is 28.9 Å². The van der Waals surface area contributed by atoms with E-state index in [2.05, 4.69) is 0 Å². The maximum atomic E-state index is 11.9. The Hall–Kier alpha value is -1.28. The second-order valence-corrected chi connectivity index (χ2v) is 5.54. The fourth-order valence-electron chi connectivity index (χ4n) is 1.85. The first-order valence-electron chi connectivity index (χ1n) is 5.17. The molecular formula is C12H11N2O2W-. The van der Waals surface area contributed by atoms with Crippen molar-refractivity contribution in [2.45, 2.75) is 6.42 Å². The molecule has 1 N–H and O–H groups in total. The number of hydrogen-bond donors (Lipinski definition) is 0. The Bertz CT molecular complexity index is 513. The molecule has 1 aromatic rings. The van der Waals surface area contributed by atoms with Crippen LogP contribution in [0.5, 0.6) is 0 Å². The van der Waals surface area contributed by atoms with Crippen LogP contribution in [0.15, 0.2) is 24.3 Å². The van der Waals surface area contributed by atoms with Crippen molar-refractivity contribution in [1.29, 1.82) is 0 Å². The van der Waals surface area contributed by atoms with Gasteiger partial charge >= 0.3 is 110 Å². The third-order valence-corrected chi connectivity index (χ3v) is 4.70. The molecule has 17 heavy (non-hydrogen) atoms. The van der Waals surface area contributed by atoms with E-state index in [1.165, 1.54) is 11.9 Å². The van der Waals surface area contributed by atoms with Crippen molar-refractivity contribution >= 4 is 21.4 Å². The topological polar surface area (TPSA) is 61.2 Å². The predicted molar refractivity (Wildman–Crippen MR) is 60.4 cm³/mol. The molecular weight excluding hydrogens is 388 g/mol. The SMILES string of the molecule is CN1C(=O)CC([C](=[W])c2ccccc2[NH-])C1=O. The third-order valence-electron chi connectivity index (χ3n) is 2.89. The minimum absolute atomic E-state index is 0.138. The fraction of sp³-hybridized carbons (Fsp3) is 0.250. The van der Waals surface area contributed by atoms with Gasteiger partial charge in [0.1, 0.15) is 0 Å². The molecule has 4 nitrogen and oxygen atoms in total. The summed E-state index contributed by atoms with van der Waals surface area (Å²) in [4.78, 5) is 24.5. The van der Waals surface area contributed by atoms with Crippen LogP contribution in [0.25, 0.3) is 5.73 Å². The number of rotatable bonds is 2. The molecule has 0 aliphatic carbocycles. The molecule has 1 saturated heterocycles. The van der Waals surface area contributed by atoms with Crippen LogP contribution in [0.2, 0.25) is 0 Å². The molecule has 1 unspecified atom stereocenters. The van der Waals surface area contributed by atoms with Crippen molar-refractivity contribution < 1.29 is 28.9 Å². The normalized spacial score (nSPS) is 19.8. The average Bonchev–Trinajstić information content (AvgIpc) is 2.57. The number of imide groups is 1. The summed E-state index contributed by atoms with van der Waals surface area (Å²) in [5.41, 5.74) is 9.01. The molecule has 0 aromatic heterocycles. The summed E-state index contributed by atoms with van der Waals surface area (Å²) in [6, 6.07) is 7.17. The second-order valence-electron chi connectivity index (χ2n) is 3.96. The van der Waals surface area contributed by atoms with Gasteiger partial charge < -0.3 is 0 Å². The molecule has 2 amide bonds. The van der Waals surface area contributed by atoms with E-state index in [1.807, 2.05) is 12.1 Å². The molecule has 1 atom stereocenters. The van der Waals surface area contributed by atoms with Crippen molar-refractivity contribution in [3.8, 4) is 0 Å². The molecule has 0 bridgehead atoms. The predicted octanol–water partition coefficient (Wildman–Crippen LogP) is 1.44. The van der Waals surface area contributed by atoms with E-state index in [0.29, 0.717) is 5.69 Å². The van der Waals surface area contributed by atoms with Gasteiger partial charge in [-0.05, 0) is 0 Å². The zero-order valence-corrected chi connectivity index (χ0v) is 12.2. The second kappa shape index (κ2) is 4.53. The van der Waals surface area contributed by atoms with E-state index in [4.69, 9.17) is 5.73 Å². The zero-order valence-electron chi connectivity index (χ0n) is 9.27. The molecule has 1 aromatic carbocycles. The monoisotopic (exact) mass is 399 g/mol. The van der Waals surface area contributed by atoms with Crippen LogP contribution in [0, 0.1) is 5.92 Å². The van der Waals surface area contributed by atoms with E-state index in [0.717, 1.165) is 28.8 Å². The number of carbonyl (C=O) groups excluding carboxylic acids is 2. The summed E-state index contributed by atoms with van der Waals surface area (Å²) in [6.07, 6.45) is 0.239. The van der Waals surface area contributed by atoms with Crippen LogP contribution in [0.1, 0.15) is 12.0 Å². The van der Waals surface area contributed by atoms with Crippen LogP contribution in [0.3, 0.4) is 0 Å². The summed E-state index contributed by atoms with van der Waals surface area (Å²) in [5, 5.41) is 0. The Morgan fingerprint density at radius 1 is 1.41 bits per heavy atom. The van der Waals surface area contributed by atoms with Crippen molar-refractivity contribution in [1.82, 2.24) is 4.90 Å². The van der Waals surface area contributed by atoms with Crippen molar-refractivity contribution in [3.05, 3.63) is 35.6 Å². The van der Waals surface area contributed by atoms with Gasteiger partial charge in [0.05, 0.1) is 0 Å². The van der Waals surface area contributed by atoms with Gasteiger partial charge in [0.15, 0.2) is 0 Å². The Balaban J connectivity index is 2.31. The maximum absolute atomic E-state index is 11.9.